The van der Waals surface area contributed by atoms with E-state index in [0.29, 0.717) is 17.4 Å². The summed E-state index contributed by atoms with van der Waals surface area (Å²) in [5.74, 6) is 0.530. The smallest absolute Gasteiger partial charge is 0.207 e. The highest BCUT2D eigenvalue weighted by atomic mass is 32.2. The van der Waals surface area contributed by atoms with E-state index in [1.165, 1.54) is 23.6 Å². The van der Waals surface area contributed by atoms with E-state index in [9.17, 15) is 8.42 Å². The quantitative estimate of drug-likeness (QED) is 0.841. The molecule has 0 aliphatic heterocycles. The molecule has 0 aromatic heterocycles. The Bertz CT molecular complexity index is 464. The molecule has 1 aliphatic rings. The van der Waals surface area contributed by atoms with E-state index in [1.54, 1.807) is 31.3 Å². The van der Waals surface area contributed by atoms with E-state index >= 15 is 0 Å². The lowest BCUT2D eigenvalue weighted by atomic mass is 9.89. The normalized spacial score (nSPS) is 18.1. The van der Waals surface area contributed by atoms with E-state index in [-0.39, 0.29) is 0 Å². The molecule has 0 spiro atoms. The molecule has 1 saturated carbocycles. The molecule has 0 amide bonds. The zero-order valence-corrected chi connectivity index (χ0v) is 11.7. The van der Waals surface area contributed by atoms with Crippen LogP contribution in [0.1, 0.15) is 32.1 Å². The van der Waals surface area contributed by atoms with Gasteiger partial charge < -0.3 is 0 Å². The SMILES string of the molecule is CN(CC1CCCCC1)S(=O)(=O)c1ccccc1. The highest BCUT2D eigenvalue weighted by Crippen LogP contribution is 2.25. The van der Waals surface area contributed by atoms with E-state index in [2.05, 4.69) is 0 Å². The summed E-state index contributed by atoms with van der Waals surface area (Å²) in [5, 5.41) is 0. The van der Waals surface area contributed by atoms with Gasteiger partial charge >= 0.3 is 0 Å². The average Bonchev–Trinajstić information content (AvgIpc) is 2.41. The number of hydrogen-bond acceptors (Lipinski definition) is 2. The van der Waals surface area contributed by atoms with Gasteiger partial charge in [0.25, 0.3) is 0 Å². The topological polar surface area (TPSA) is 37.4 Å². The van der Waals surface area contributed by atoms with Gasteiger partial charge in [0, 0.05) is 13.6 Å². The fourth-order valence-electron chi connectivity index (χ4n) is 2.60. The highest BCUT2D eigenvalue weighted by molar-refractivity contribution is 7.89. The zero-order chi connectivity index (χ0) is 13.0. The van der Waals surface area contributed by atoms with Crippen LogP contribution in [-0.2, 0) is 10.0 Å². The first-order valence-corrected chi connectivity index (χ1v) is 8.06. The number of nitrogens with zero attached hydrogens (tertiary/aromatic N) is 1. The van der Waals surface area contributed by atoms with Crippen LogP contribution in [-0.4, -0.2) is 26.3 Å². The Balaban J connectivity index is 2.05. The molecule has 2 rings (SSSR count). The third-order valence-corrected chi connectivity index (χ3v) is 5.53. The molecular formula is C14H21NO2S. The molecule has 0 radical (unpaired) electrons. The number of sulfonamides is 1. The van der Waals surface area contributed by atoms with Crippen LogP contribution in [0.15, 0.2) is 35.2 Å². The van der Waals surface area contributed by atoms with Gasteiger partial charge in [0.1, 0.15) is 0 Å². The van der Waals surface area contributed by atoms with Crippen molar-refractivity contribution in [2.75, 3.05) is 13.6 Å². The first-order valence-electron chi connectivity index (χ1n) is 6.62. The van der Waals surface area contributed by atoms with Crippen LogP contribution >= 0.6 is 0 Å². The summed E-state index contributed by atoms with van der Waals surface area (Å²) in [7, 11) is -1.61. The summed E-state index contributed by atoms with van der Waals surface area (Å²) in [6.07, 6.45) is 6.10. The molecule has 0 unspecified atom stereocenters. The number of hydrogen-bond donors (Lipinski definition) is 0. The van der Waals surface area contributed by atoms with Gasteiger partial charge in [0.2, 0.25) is 10.0 Å². The van der Waals surface area contributed by atoms with Crippen molar-refractivity contribution in [1.29, 1.82) is 0 Å². The van der Waals surface area contributed by atoms with E-state index in [1.807, 2.05) is 6.07 Å². The van der Waals surface area contributed by atoms with Crippen LogP contribution in [0.4, 0.5) is 0 Å². The predicted octanol–water partition coefficient (Wildman–Crippen LogP) is 2.89. The van der Waals surface area contributed by atoms with E-state index < -0.39 is 10.0 Å². The second-order valence-corrected chi connectivity index (χ2v) is 7.15. The molecule has 0 saturated heterocycles. The van der Waals surface area contributed by atoms with Crippen LogP contribution in [0.3, 0.4) is 0 Å². The molecule has 0 N–H and O–H groups in total. The number of rotatable bonds is 4. The third kappa shape index (κ3) is 3.12. The van der Waals surface area contributed by atoms with Crippen molar-refractivity contribution in [2.24, 2.45) is 5.92 Å². The second kappa shape index (κ2) is 5.85. The minimum atomic E-state index is -3.31. The molecular weight excluding hydrogens is 246 g/mol. The van der Waals surface area contributed by atoms with Gasteiger partial charge in [-0.3, -0.25) is 0 Å². The Labute approximate surface area is 110 Å². The summed E-state index contributed by atoms with van der Waals surface area (Å²) >= 11 is 0. The Morgan fingerprint density at radius 2 is 1.72 bits per heavy atom. The maximum atomic E-state index is 12.3. The van der Waals surface area contributed by atoms with Gasteiger partial charge in [-0.15, -0.1) is 0 Å². The fraction of sp³-hybridized carbons (Fsp3) is 0.571. The van der Waals surface area contributed by atoms with Crippen LogP contribution < -0.4 is 0 Å². The molecule has 3 nitrogen and oxygen atoms in total. The third-order valence-electron chi connectivity index (χ3n) is 3.69. The molecule has 100 valence electrons. The lowest BCUT2D eigenvalue weighted by molar-refractivity contribution is 0.300. The van der Waals surface area contributed by atoms with Crippen molar-refractivity contribution in [1.82, 2.24) is 4.31 Å². The van der Waals surface area contributed by atoms with E-state index in [0.717, 1.165) is 12.8 Å². The summed E-state index contributed by atoms with van der Waals surface area (Å²) in [4.78, 5) is 0.392. The maximum Gasteiger partial charge on any atom is 0.242 e. The molecule has 1 aromatic carbocycles. The van der Waals surface area contributed by atoms with Crippen molar-refractivity contribution in [3.63, 3.8) is 0 Å². The van der Waals surface area contributed by atoms with Gasteiger partial charge in [-0.1, -0.05) is 37.5 Å². The van der Waals surface area contributed by atoms with Gasteiger partial charge in [-0.25, -0.2) is 12.7 Å². The van der Waals surface area contributed by atoms with Gasteiger partial charge in [0.15, 0.2) is 0 Å². The maximum absolute atomic E-state index is 12.3. The largest absolute Gasteiger partial charge is 0.242 e. The number of benzene rings is 1. The summed E-state index contributed by atoms with van der Waals surface area (Å²) in [6.45, 7) is 0.650. The Morgan fingerprint density at radius 3 is 2.33 bits per heavy atom. The Morgan fingerprint density at radius 1 is 1.11 bits per heavy atom. The summed E-state index contributed by atoms with van der Waals surface area (Å²) in [5.41, 5.74) is 0. The standard InChI is InChI=1S/C14H21NO2S/c1-15(12-13-8-4-2-5-9-13)18(16,17)14-10-6-3-7-11-14/h3,6-7,10-11,13H,2,4-5,8-9,12H2,1H3. The minimum Gasteiger partial charge on any atom is -0.207 e. The molecule has 18 heavy (non-hydrogen) atoms. The molecule has 0 atom stereocenters. The van der Waals surface area contributed by atoms with Crippen molar-refractivity contribution in [2.45, 2.75) is 37.0 Å². The van der Waals surface area contributed by atoms with Crippen LogP contribution in [0.5, 0.6) is 0 Å². The second-order valence-electron chi connectivity index (χ2n) is 5.10. The van der Waals surface area contributed by atoms with Gasteiger partial charge in [-0.05, 0) is 30.9 Å². The average molecular weight is 267 g/mol. The highest BCUT2D eigenvalue weighted by Gasteiger charge is 2.24. The minimum absolute atomic E-state index is 0.392. The zero-order valence-electron chi connectivity index (χ0n) is 10.9. The van der Waals surface area contributed by atoms with Crippen molar-refractivity contribution in [3.05, 3.63) is 30.3 Å². The van der Waals surface area contributed by atoms with Gasteiger partial charge in [-0.2, -0.15) is 0 Å². The van der Waals surface area contributed by atoms with Gasteiger partial charge in [0.05, 0.1) is 4.90 Å². The lowest BCUT2D eigenvalue weighted by Gasteiger charge is -2.26. The lowest BCUT2D eigenvalue weighted by Crippen LogP contribution is -2.32. The monoisotopic (exact) mass is 267 g/mol. The van der Waals surface area contributed by atoms with Crippen LogP contribution in [0, 0.1) is 5.92 Å². The van der Waals surface area contributed by atoms with Crippen molar-refractivity contribution < 1.29 is 8.42 Å². The Kier molecular flexibility index (Phi) is 4.40. The molecule has 1 aromatic rings. The molecule has 1 fully saturated rings. The molecule has 1 aliphatic carbocycles. The molecule has 0 heterocycles. The first kappa shape index (κ1) is 13.6. The van der Waals surface area contributed by atoms with Crippen molar-refractivity contribution >= 4 is 10.0 Å². The van der Waals surface area contributed by atoms with Crippen LogP contribution in [0.25, 0.3) is 0 Å². The first-order chi connectivity index (χ1) is 8.60. The van der Waals surface area contributed by atoms with Crippen molar-refractivity contribution in [3.8, 4) is 0 Å². The molecule has 4 heteroatoms. The van der Waals surface area contributed by atoms with E-state index in [4.69, 9.17) is 0 Å². The summed E-state index contributed by atoms with van der Waals surface area (Å²) < 4.78 is 26.2. The predicted molar refractivity (Wildman–Crippen MR) is 72.8 cm³/mol. The summed E-state index contributed by atoms with van der Waals surface area (Å²) in [6, 6.07) is 8.68. The van der Waals surface area contributed by atoms with Crippen LogP contribution in [0.2, 0.25) is 0 Å². The Hall–Kier alpha value is -0.870. The molecule has 0 bridgehead atoms. The fourth-order valence-corrected chi connectivity index (χ4v) is 3.87.